The molecule has 3 atom stereocenters. The predicted octanol–water partition coefficient (Wildman–Crippen LogP) is 2.89. The molecule has 1 aliphatic rings. The molecule has 0 radical (unpaired) electrons. The Kier molecular flexibility index (Phi) is 6.22. The molecular formula is C15H24BrN3OS. The number of halogens is 1. The smallest absolute Gasteiger partial charge is 0.237 e. The fraction of sp³-hybridized carbons (Fsp3) is 0.667. The second-order valence-electron chi connectivity index (χ2n) is 5.52. The Bertz CT molecular complexity index is 479. The number of thiophene rings is 1. The molecule has 0 bridgehead atoms. The van der Waals surface area contributed by atoms with Gasteiger partial charge in [-0.05, 0) is 53.9 Å². The molecule has 4 nitrogen and oxygen atoms in total. The molecule has 1 fully saturated rings. The summed E-state index contributed by atoms with van der Waals surface area (Å²) in [5.74, 6) is 0.110. The van der Waals surface area contributed by atoms with E-state index in [9.17, 15) is 4.79 Å². The Labute approximate surface area is 139 Å². The van der Waals surface area contributed by atoms with Crippen LogP contribution in [0.25, 0.3) is 0 Å². The highest BCUT2D eigenvalue weighted by atomic mass is 79.9. The van der Waals surface area contributed by atoms with Crippen molar-refractivity contribution in [2.45, 2.75) is 50.7 Å². The minimum absolute atomic E-state index is 0.0424. The van der Waals surface area contributed by atoms with E-state index in [0.29, 0.717) is 0 Å². The van der Waals surface area contributed by atoms with Gasteiger partial charge in [0, 0.05) is 18.0 Å². The zero-order chi connectivity index (χ0) is 15.4. The van der Waals surface area contributed by atoms with E-state index in [1.807, 2.05) is 0 Å². The second-order valence-corrected chi connectivity index (χ2v) is 8.02. The highest BCUT2D eigenvalue weighted by Gasteiger charge is 2.36. The van der Waals surface area contributed by atoms with Crippen LogP contribution >= 0.6 is 27.3 Å². The molecule has 0 spiro atoms. The van der Waals surface area contributed by atoms with Crippen LogP contribution in [0.3, 0.4) is 0 Å². The monoisotopic (exact) mass is 373 g/mol. The molecule has 3 unspecified atom stereocenters. The lowest BCUT2D eigenvalue weighted by Gasteiger charge is -2.42. The summed E-state index contributed by atoms with van der Waals surface area (Å²) >= 11 is 5.25. The third-order valence-electron chi connectivity index (χ3n) is 4.21. The molecule has 1 aliphatic heterocycles. The highest BCUT2D eigenvalue weighted by molar-refractivity contribution is 9.11. The van der Waals surface area contributed by atoms with Crippen LogP contribution in [0.4, 0.5) is 0 Å². The summed E-state index contributed by atoms with van der Waals surface area (Å²) in [5.41, 5.74) is 6.41. The molecular weight excluding hydrogens is 350 g/mol. The molecule has 1 aromatic heterocycles. The van der Waals surface area contributed by atoms with Gasteiger partial charge in [0.15, 0.2) is 0 Å². The van der Waals surface area contributed by atoms with Crippen molar-refractivity contribution in [2.75, 3.05) is 13.6 Å². The number of amides is 1. The Morgan fingerprint density at radius 2 is 2.33 bits per heavy atom. The van der Waals surface area contributed by atoms with Gasteiger partial charge >= 0.3 is 0 Å². The van der Waals surface area contributed by atoms with Crippen LogP contribution in [0.2, 0.25) is 0 Å². The molecule has 1 aromatic rings. The first-order valence-electron chi connectivity index (χ1n) is 7.56. The van der Waals surface area contributed by atoms with Crippen molar-refractivity contribution >= 4 is 33.2 Å². The lowest BCUT2D eigenvalue weighted by atomic mass is 9.94. The molecule has 1 amide bonds. The van der Waals surface area contributed by atoms with E-state index >= 15 is 0 Å². The maximum absolute atomic E-state index is 12.2. The highest BCUT2D eigenvalue weighted by Crippen LogP contribution is 2.36. The van der Waals surface area contributed by atoms with Gasteiger partial charge in [0.1, 0.15) is 0 Å². The number of hydrogen-bond donors (Lipinski definition) is 2. The SMILES string of the molecule is CCC(N)C(c1ccc(Br)s1)N1CCCCC1C(=O)NC. The van der Waals surface area contributed by atoms with Gasteiger partial charge in [-0.1, -0.05) is 13.3 Å². The topological polar surface area (TPSA) is 58.4 Å². The number of carbonyl (C=O) groups is 1. The quantitative estimate of drug-likeness (QED) is 0.833. The van der Waals surface area contributed by atoms with E-state index in [-0.39, 0.29) is 24.0 Å². The van der Waals surface area contributed by atoms with E-state index in [0.717, 1.165) is 36.0 Å². The normalized spacial score (nSPS) is 22.8. The largest absolute Gasteiger partial charge is 0.358 e. The van der Waals surface area contributed by atoms with E-state index < -0.39 is 0 Å². The first-order valence-corrected chi connectivity index (χ1v) is 9.17. The molecule has 0 aromatic carbocycles. The van der Waals surface area contributed by atoms with Crippen molar-refractivity contribution in [2.24, 2.45) is 5.73 Å². The number of nitrogens with two attached hydrogens (primary N) is 1. The van der Waals surface area contributed by atoms with Gasteiger partial charge in [-0.25, -0.2) is 0 Å². The molecule has 1 saturated heterocycles. The van der Waals surface area contributed by atoms with Crippen LogP contribution in [-0.2, 0) is 4.79 Å². The van der Waals surface area contributed by atoms with Crippen LogP contribution in [-0.4, -0.2) is 36.5 Å². The molecule has 2 rings (SSSR count). The van der Waals surface area contributed by atoms with Gasteiger partial charge in [-0.3, -0.25) is 9.69 Å². The second kappa shape index (κ2) is 7.72. The van der Waals surface area contributed by atoms with Gasteiger partial charge in [-0.15, -0.1) is 11.3 Å². The molecule has 6 heteroatoms. The van der Waals surface area contributed by atoms with Crippen molar-refractivity contribution < 1.29 is 4.79 Å². The molecule has 21 heavy (non-hydrogen) atoms. The summed E-state index contributed by atoms with van der Waals surface area (Å²) < 4.78 is 1.11. The van der Waals surface area contributed by atoms with E-state index in [4.69, 9.17) is 5.73 Å². The van der Waals surface area contributed by atoms with Crippen LogP contribution < -0.4 is 11.1 Å². The lowest BCUT2D eigenvalue weighted by Crippen LogP contribution is -2.53. The van der Waals surface area contributed by atoms with Crippen molar-refractivity contribution in [3.63, 3.8) is 0 Å². The Morgan fingerprint density at radius 3 is 2.90 bits per heavy atom. The molecule has 0 saturated carbocycles. The van der Waals surface area contributed by atoms with Crippen LogP contribution in [0.5, 0.6) is 0 Å². The number of nitrogens with one attached hydrogen (secondary N) is 1. The van der Waals surface area contributed by atoms with Crippen LogP contribution in [0.15, 0.2) is 15.9 Å². The average Bonchev–Trinajstić information content (AvgIpc) is 2.93. The van der Waals surface area contributed by atoms with Crippen molar-refractivity contribution in [3.05, 3.63) is 20.8 Å². The molecule has 2 heterocycles. The predicted molar refractivity (Wildman–Crippen MR) is 91.4 cm³/mol. The number of likely N-dealkylation sites (tertiary alicyclic amines) is 1. The Hall–Kier alpha value is -0.430. The fourth-order valence-corrected chi connectivity index (χ4v) is 4.69. The van der Waals surface area contributed by atoms with Crippen molar-refractivity contribution in [1.29, 1.82) is 0 Å². The summed E-state index contributed by atoms with van der Waals surface area (Å²) in [7, 11) is 1.71. The van der Waals surface area contributed by atoms with Gasteiger partial charge in [0.2, 0.25) is 5.91 Å². The molecule has 3 N–H and O–H groups in total. The number of rotatable bonds is 5. The van der Waals surface area contributed by atoms with Gasteiger partial charge in [0.25, 0.3) is 0 Å². The number of carbonyl (C=O) groups excluding carboxylic acids is 1. The van der Waals surface area contributed by atoms with Gasteiger partial charge < -0.3 is 11.1 Å². The zero-order valence-electron chi connectivity index (χ0n) is 12.6. The number of likely N-dealkylation sites (N-methyl/N-ethyl adjacent to an activating group) is 1. The van der Waals surface area contributed by atoms with Gasteiger partial charge in [0.05, 0.1) is 15.9 Å². The van der Waals surface area contributed by atoms with Crippen LogP contribution in [0.1, 0.15) is 43.5 Å². The third kappa shape index (κ3) is 3.86. The summed E-state index contributed by atoms with van der Waals surface area (Å²) in [6.45, 7) is 3.05. The number of hydrogen-bond acceptors (Lipinski definition) is 4. The summed E-state index contributed by atoms with van der Waals surface area (Å²) in [6.07, 6.45) is 4.06. The average molecular weight is 374 g/mol. The van der Waals surface area contributed by atoms with Crippen molar-refractivity contribution in [3.8, 4) is 0 Å². The maximum Gasteiger partial charge on any atom is 0.237 e. The minimum Gasteiger partial charge on any atom is -0.358 e. The summed E-state index contributed by atoms with van der Waals surface area (Å²) in [4.78, 5) is 15.8. The standard InChI is InChI=1S/C15H24BrN3OS/c1-3-10(17)14(12-7-8-13(16)21-12)19-9-5-4-6-11(19)15(20)18-2/h7-8,10-11,14H,3-6,9,17H2,1-2H3,(H,18,20). The minimum atomic E-state index is -0.0628. The van der Waals surface area contributed by atoms with Gasteiger partial charge in [-0.2, -0.15) is 0 Å². The third-order valence-corrected chi connectivity index (χ3v) is 5.91. The first-order chi connectivity index (χ1) is 10.1. The fourth-order valence-electron chi connectivity index (χ4n) is 3.07. The van der Waals surface area contributed by atoms with E-state index in [1.54, 1.807) is 18.4 Å². The Morgan fingerprint density at radius 1 is 1.57 bits per heavy atom. The molecule has 118 valence electrons. The summed E-state index contributed by atoms with van der Waals surface area (Å²) in [6, 6.07) is 4.29. The summed E-state index contributed by atoms with van der Waals surface area (Å²) in [5, 5.41) is 2.81. The van der Waals surface area contributed by atoms with E-state index in [1.165, 1.54) is 4.88 Å². The van der Waals surface area contributed by atoms with Crippen molar-refractivity contribution in [1.82, 2.24) is 10.2 Å². The zero-order valence-corrected chi connectivity index (χ0v) is 15.0. The van der Waals surface area contributed by atoms with Crippen LogP contribution in [0, 0.1) is 0 Å². The number of piperidine rings is 1. The van der Waals surface area contributed by atoms with E-state index in [2.05, 4.69) is 45.2 Å². The number of nitrogens with zero attached hydrogens (tertiary/aromatic N) is 1. The molecule has 0 aliphatic carbocycles. The first kappa shape index (κ1) is 16.9. The Balaban J connectivity index is 2.31. The lowest BCUT2D eigenvalue weighted by molar-refractivity contribution is -0.128. The maximum atomic E-state index is 12.2.